The quantitative estimate of drug-likeness (QED) is 0.578. The first-order valence-corrected chi connectivity index (χ1v) is 10.5. The molecule has 2 aliphatic heterocycles. The van der Waals surface area contributed by atoms with Gasteiger partial charge in [0.1, 0.15) is 5.69 Å². The Kier molecular flexibility index (Phi) is 6.56. The summed E-state index contributed by atoms with van der Waals surface area (Å²) in [4.78, 5) is 23.3. The molecule has 3 N–H and O–H groups in total. The minimum absolute atomic E-state index is 0.172. The number of benzene rings is 1. The second-order valence-corrected chi connectivity index (χ2v) is 8.08. The third kappa shape index (κ3) is 5.13. The minimum atomic E-state index is -0.650. The van der Waals surface area contributed by atoms with Gasteiger partial charge in [-0.3, -0.25) is 9.69 Å². The van der Waals surface area contributed by atoms with Gasteiger partial charge in [0.05, 0.1) is 13.2 Å². The van der Waals surface area contributed by atoms with Crippen LogP contribution in [0.1, 0.15) is 27.3 Å². The van der Waals surface area contributed by atoms with Crippen molar-refractivity contribution in [2.75, 3.05) is 39.8 Å². The summed E-state index contributed by atoms with van der Waals surface area (Å²) in [5.41, 5.74) is 3.75. The van der Waals surface area contributed by atoms with Crippen molar-refractivity contribution < 1.29 is 14.6 Å². The summed E-state index contributed by atoms with van der Waals surface area (Å²) in [6.45, 7) is 4.34. The van der Waals surface area contributed by atoms with E-state index < -0.39 is 6.10 Å². The fourth-order valence-electron chi connectivity index (χ4n) is 3.95. The van der Waals surface area contributed by atoms with Gasteiger partial charge in [-0.1, -0.05) is 24.3 Å². The van der Waals surface area contributed by atoms with Crippen LogP contribution in [0.25, 0.3) is 0 Å². The van der Waals surface area contributed by atoms with E-state index in [0.29, 0.717) is 12.5 Å². The van der Waals surface area contributed by atoms with Crippen LogP contribution in [0.2, 0.25) is 0 Å². The number of β-amino-alcohol motifs (C(OH)–C–C–N with tert-alkyl or cyclic N) is 1. The second-order valence-electron chi connectivity index (χ2n) is 8.08. The SMILES string of the molecule is COc1nc(CC2CNC2)cc(C(=O)NC[C@H](O)CN2CCc3ccccc3C2)n1. The summed E-state index contributed by atoms with van der Waals surface area (Å²) >= 11 is 0. The maximum absolute atomic E-state index is 12.6. The van der Waals surface area contributed by atoms with Gasteiger partial charge in [-0.05, 0) is 49.0 Å². The predicted molar refractivity (Wildman–Crippen MR) is 112 cm³/mol. The first kappa shape index (κ1) is 20.7. The Morgan fingerprint density at radius 3 is 2.87 bits per heavy atom. The van der Waals surface area contributed by atoms with Crippen molar-refractivity contribution in [1.82, 2.24) is 25.5 Å². The minimum Gasteiger partial charge on any atom is -0.467 e. The van der Waals surface area contributed by atoms with Crippen LogP contribution in [-0.4, -0.2) is 71.8 Å². The first-order valence-electron chi connectivity index (χ1n) is 10.5. The predicted octanol–water partition coefficient (Wildman–Crippen LogP) is 0.396. The Bertz CT molecular complexity index is 887. The van der Waals surface area contributed by atoms with Crippen molar-refractivity contribution in [1.29, 1.82) is 0 Å². The van der Waals surface area contributed by atoms with Crippen molar-refractivity contribution in [3.8, 4) is 6.01 Å². The lowest BCUT2D eigenvalue weighted by Crippen LogP contribution is -2.43. The number of carbonyl (C=O) groups excluding carboxylic acids is 1. The highest BCUT2D eigenvalue weighted by Crippen LogP contribution is 2.18. The summed E-state index contributed by atoms with van der Waals surface area (Å²) in [6, 6.07) is 10.3. The lowest BCUT2D eigenvalue weighted by molar-refractivity contribution is 0.0837. The van der Waals surface area contributed by atoms with Gasteiger partial charge in [-0.25, -0.2) is 4.98 Å². The fourth-order valence-corrected chi connectivity index (χ4v) is 3.95. The maximum Gasteiger partial charge on any atom is 0.317 e. The zero-order valence-electron chi connectivity index (χ0n) is 17.3. The van der Waals surface area contributed by atoms with E-state index in [-0.39, 0.29) is 24.2 Å². The van der Waals surface area contributed by atoms with Gasteiger partial charge < -0.3 is 20.5 Å². The van der Waals surface area contributed by atoms with E-state index in [2.05, 4.69) is 43.7 Å². The third-order valence-electron chi connectivity index (χ3n) is 5.71. The molecule has 1 saturated heterocycles. The topological polar surface area (TPSA) is 99.6 Å². The molecule has 160 valence electrons. The summed E-state index contributed by atoms with van der Waals surface area (Å²) in [5, 5.41) is 16.5. The van der Waals surface area contributed by atoms with Gasteiger partial charge in [0.25, 0.3) is 5.91 Å². The largest absolute Gasteiger partial charge is 0.467 e. The Hall–Kier alpha value is -2.55. The number of aliphatic hydroxyl groups excluding tert-OH is 1. The highest BCUT2D eigenvalue weighted by Gasteiger charge is 2.21. The molecule has 0 radical (unpaired) electrons. The number of amides is 1. The standard InChI is InChI=1S/C22H29N5O3/c1-30-22-25-18(8-15-10-23-11-15)9-20(26-22)21(29)24-12-19(28)14-27-7-6-16-4-2-3-5-17(16)13-27/h2-5,9,15,19,23,28H,6-8,10-14H2,1H3,(H,24,29)/t19-/m0/s1. The summed E-state index contributed by atoms with van der Waals surface area (Å²) < 4.78 is 5.16. The summed E-state index contributed by atoms with van der Waals surface area (Å²) in [7, 11) is 1.49. The lowest BCUT2D eigenvalue weighted by Gasteiger charge is -2.30. The van der Waals surface area contributed by atoms with Crippen molar-refractivity contribution in [3.63, 3.8) is 0 Å². The van der Waals surface area contributed by atoms with Crippen LogP contribution in [0.4, 0.5) is 0 Å². The number of fused-ring (bicyclic) bond motifs is 1. The van der Waals surface area contributed by atoms with Crippen molar-refractivity contribution >= 4 is 5.91 Å². The zero-order valence-corrected chi connectivity index (χ0v) is 17.3. The van der Waals surface area contributed by atoms with Crippen LogP contribution in [0.3, 0.4) is 0 Å². The molecule has 3 heterocycles. The van der Waals surface area contributed by atoms with E-state index in [1.807, 2.05) is 6.07 Å². The molecule has 2 aromatic rings. The number of hydrogen-bond donors (Lipinski definition) is 3. The molecular formula is C22H29N5O3. The zero-order chi connectivity index (χ0) is 20.9. The van der Waals surface area contributed by atoms with Crippen molar-refractivity contribution in [2.24, 2.45) is 5.92 Å². The van der Waals surface area contributed by atoms with E-state index in [4.69, 9.17) is 4.74 Å². The molecule has 0 spiro atoms. The Morgan fingerprint density at radius 1 is 1.33 bits per heavy atom. The monoisotopic (exact) mass is 411 g/mol. The van der Waals surface area contributed by atoms with E-state index >= 15 is 0 Å². The lowest BCUT2D eigenvalue weighted by atomic mass is 9.97. The van der Waals surface area contributed by atoms with E-state index in [0.717, 1.165) is 44.7 Å². The number of carbonyl (C=O) groups is 1. The number of methoxy groups -OCH3 is 1. The third-order valence-corrected chi connectivity index (χ3v) is 5.71. The number of hydrogen-bond acceptors (Lipinski definition) is 7. The molecule has 8 heteroatoms. The van der Waals surface area contributed by atoms with Gasteiger partial charge in [0, 0.05) is 31.9 Å². The Labute approximate surface area is 176 Å². The Balaban J connectivity index is 1.30. The molecule has 0 saturated carbocycles. The highest BCUT2D eigenvalue weighted by molar-refractivity contribution is 5.92. The van der Waals surface area contributed by atoms with Gasteiger partial charge in [-0.15, -0.1) is 0 Å². The molecule has 1 aromatic carbocycles. The molecule has 8 nitrogen and oxygen atoms in total. The number of ether oxygens (including phenoxy) is 1. The average Bonchev–Trinajstić information content (AvgIpc) is 2.74. The van der Waals surface area contributed by atoms with Crippen LogP contribution < -0.4 is 15.4 Å². The van der Waals surface area contributed by atoms with Gasteiger partial charge >= 0.3 is 6.01 Å². The van der Waals surface area contributed by atoms with Crippen LogP contribution in [0.15, 0.2) is 30.3 Å². The molecule has 30 heavy (non-hydrogen) atoms. The van der Waals surface area contributed by atoms with Crippen molar-refractivity contribution in [3.05, 3.63) is 52.8 Å². The molecule has 2 aliphatic rings. The second kappa shape index (κ2) is 9.51. The normalized spacial score (nSPS) is 17.7. The number of aliphatic hydroxyl groups is 1. The van der Waals surface area contributed by atoms with E-state index in [1.54, 1.807) is 6.07 Å². The summed E-state index contributed by atoms with van der Waals surface area (Å²) in [6.07, 6.45) is 1.11. The van der Waals surface area contributed by atoms with Crippen LogP contribution >= 0.6 is 0 Å². The van der Waals surface area contributed by atoms with E-state index in [1.165, 1.54) is 18.2 Å². The first-order chi connectivity index (χ1) is 14.6. The van der Waals surface area contributed by atoms with Gasteiger partial charge in [0.15, 0.2) is 0 Å². The number of rotatable bonds is 8. The molecule has 1 fully saturated rings. The molecular weight excluding hydrogens is 382 g/mol. The molecule has 0 unspecified atom stereocenters. The molecule has 1 atom stereocenters. The molecule has 1 aromatic heterocycles. The highest BCUT2D eigenvalue weighted by atomic mass is 16.5. The summed E-state index contributed by atoms with van der Waals surface area (Å²) in [5.74, 6) is 0.198. The number of nitrogens with zero attached hydrogens (tertiary/aromatic N) is 3. The van der Waals surface area contributed by atoms with Crippen LogP contribution in [0.5, 0.6) is 6.01 Å². The van der Waals surface area contributed by atoms with Gasteiger partial charge in [-0.2, -0.15) is 4.98 Å². The maximum atomic E-state index is 12.6. The van der Waals surface area contributed by atoms with Crippen molar-refractivity contribution in [2.45, 2.75) is 25.5 Å². The van der Waals surface area contributed by atoms with Gasteiger partial charge in [0.2, 0.25) is 0 Å². The number of aromatic nitrogens is 2. The molecule has 0 aliphatic carbocycles. The molecule has 0 bridgehead atoms. The van der Waals surface area contributed by atoms with Crippen LogP contribution in [-0.2, 0) is 19.4 Å². The number of nitrogens with one attached hydrogen (secondary N) is 2. The molecule has 1 amide bonds. The fraction of sp³-hybridized carbons (Fsp3) is 0.500. The average molecular weight is 412 g/mol. The van der Waals surface area contributed by atoms with E-state index in [9.17, 15) is 9.90 Å². The van der Waals surface area contributed by atoms with Crippen LogP contribution in [0, 0.1) is 5.92 Å². The smallest absolute Gasteiger partial charge is 0.317 e. The Morgan fingerprint density at radius 2 is 2.13 bits per heavy atom. The molecule has 4 rings (SSSR count).